The van der Waals surface area contributed by atoms with E-state index in [9.17, 15) is 4.79 Å². The van der Waals surface area contributed by atoms with Gasteiger partial charge in [-0.1, -0.05) is 140 Å². The summed E-state index contributed by atoms with van der Waals surface area (Å²) in [5, 5.41) is 3.09. The Morgan fingerprint density at radius 3 is 2.05 bits per heavy atom. The Morgan fingerprint density at radius 2 is 1.48 bits per heavy atom. The second-order valence-electron chi connectivity index (χ2n) is 12.8. The number of carbonyl (C=O) groups excluding carboxylic acids is 1. The Hall–Kier alpha value is -2.66. The molecule has 0 atom stereocenters. The monoisotopic (exact) mass is 591 g/mol. The summed E-state index contributed by atoms with van der Waals surface area (Å²) in [6, 6.07) is 14.4. The maximum atomic E-state index is 13.1. The summed E-state index contributed by atoms with van der Waals surface area (Å²) in [5.41, 5.74) is 6.22. The number of unbranched alkanes of at least 4 members (excludes halogenated alkanes) is 11. The van der Waals surface area contributed by atoms with E-state index in [1.54, 1.807) is 11.3 Å². The van der Waals surface area contributed by atoms with Gasteiger partial charge < -0.3 is 10.1 Å². The van der Waals surface area contributed by atoms with E-state index >= 15 is 0 Å². The van der Waals surface area contributed by atoms with Crippen molar-refractivity contribution in [1.29, 1.82) is 0 Å². The van der Waals surface area contributed by atoms with Gasteiger partial charge in [0.25, 0.3) is 0 Å². The minimum Gasteiger partial charge on any atom is -0.493 e. The van der Waals surface area contributed by atoms with E-state index < -0.39 is 0 Å². The lowest BCUT2D eigenvalue weighted by Gasteiger charge is -2.25. The molecule has 0 saturated carbocycles. The molecule has 0 aliphatic heterocycles. The van der Waals surface area contributed by atoms with Crippen LogP contribution in [0.4, 0.5) is 5.69 Å². The molecule has 5 heteroatoms. The van der Waals surface area contributed by atoms with Gasteiger partial charge in [-0.05, 0) is 36.5 Å². The molecular formula is C37H55N2O2S+. The van der Waals surface area contributed by atoms with Gasteiger partial charge in [0.1, 0.15) is 5.75 Å². The van der Waals surface area contributed by atoms with E-state index in [1.165, 1.54) is 81.1 Å². The van der Waals surface area contributed by atoms with Crippen LogP contribution in [0.2, 0.25) is 0 Å². The molecule has 1 heterocycles. The number of benzene rings is 2. The van der Waals surface area contributed by atoms with Crippen LogP contribution in [0.15, 0.2) is 54.2 Å². The number of thiazole rings is 1. The fourth-order valence-corrected chi connectivity index (χ4v) is 6.05. The predicted octanol–water partition coefficient (Wildman–Crippen LogP) is 9.95. The van der Waals surface area contributed by atoms with Crippen LogP contribution >= 0.6 is 11.3 Å². The molecule has 0 aliphatic rings. The molecule has 1 amide bonds. The van der Waals surface area contributed by atoms with Crippen molar-refractivity contribution in [3.8, 4) is 5.75 Å². The van der Waals surface area contributed by atoms with Crippen molar-refractivity contribution in [2.45, 2.75) is 130 Å². The molecule has 4 nitrogen and oxygen atoms in total. The van der Waals surface area contributed by atoms with E-state index in [0.717, 1.165) is 35.5 Å². The van der Waals surface area contributed by atoms with Crippen molar-refractivity contribution in [2.24, 2.45) is 0 Å². The minimum atomic E-state index is -0.0623. The van der Waals surface area contributed by atoms with Crippen LogP contribution in [0.25, 0.3) is 0 Å². The standard InChI is InChI=1S/C37H54N2O2S/c1-6-7-8-9-10-11-12-13-14-15-16-17-25-41-36-32(19-18-20-34(36)37(3,4)5)26-35(40)38-33-23-21-31(22-24-33)28-39-27-30(2)42-29-39/h18-24,27,29H,6-17,25-26,28H2,1-5H3/p+1. The number of rotatable bonds is 19. The largest absolute Gasteiger partial charge is 0.493 e. The van der Waals surface area contributed by atoms with E-state index in [0.29, 0.717) is 13.0 Å². The molecule has 0 aliphatic carbocycles. The van der Waals surface area contributed by atoms with Crippen LogP contribution in [0.3, 0.4) is 0 Å². The van der Waals surface area contributed by atoms with Crippen molar-refractivity contribution in [3.05, 3.63) is 75.7 Å². The van der Waals surface area contributed by atoms with E-state index in [-0.39, 0.29) is 11.3 Å². The Bertz CT molecular complexity index is 1190. The average Bonchev–Trinajstić information content (AvgIpc) is 3.36. The van der Waals surface area contributed by atoms with Crippen molar-refractivity contribution in [1.82, 2.24) is 0 Å². The number of hydrogen-bond acceptors (Lipinski definition) is 3. The molecular weight excluding hydrogens is 536 g/mol. The molecule has 0 radical (unpaired) electrons. The molecule has 0 saturated heterocycles. The van der Waals surface area contributed by atoms with Gasteiger partial charge in [-0.25, -0.2) is 0 Å². The molecule has 230 valence electrons. The van der Waals surface area contributed by atoms with E-state index in [2.05, 4.69) is 80.5 Å². The fraction of sp³-hybridized carbons (Fsp3) is 0.568. The van der Waals surface area contributed by atoms with Crippen molar-refractivity contribution in [3.63, 3.8) is 0 Å². The van der Waals surface area contributed by atoms with E-state index in [1.807, 2.05) is 18.2 Å². The van der Waals surface area contributed by atoms with Gasteiger partial charge in [0.05, 0.1) is 17.9 Å². The molecule has 2 aromatic carbocycles. The second kappa shape index (κ2) is 18.1. The number of carbonyl (C=O) groups is 1. The number of hydrogen-bond donors (Lipinski definition) is 1. The van der Waals surface area contributed by atoms with Crippen LogP contribution in [0.5, 0.6) is 5.75 Å². The highest BCUT2D eigenvalue weighted by Crippen LogP contribution is 2.35. The molecule has 42 heavy (non-hydrogen) atoms. The molecule has 0 fully saturated rings. The number of aryl methyl sites for hydroxylation is 1. The highest BCUT2D eigenvalue weighted by atomic mass is 32.1. The van der Waals surface area contributed by atoms with Crippen molar-refractivity contribution in [2.75, 3.05) is 11.9 Å². The normalized spacial score (nSPS) is 11.5. The van der Waals surface area contributed by atoms with E-state index in [4.69, 9.17) is 4.74 Å². The number of amides is 1. The molecule has 3 rings (SSSR count). The van der Waals surface area contributed by atoms with Gasteiger partial charge in [-0.3, -0.25) is 4.79 Å². The van der Waals surface area contributed by atoms with Gasteiger partial charge in [0, 0.05) is 16.8 Å². The number of ether oxygens (including phenoxy) is 1. The van der Waals surface area contributed by atoms with Crippen molar-refractivity contribution < 1.29 is 14.1 Å². The van der Waals surface area contributed by atoms with Crippen LogP contribution in [0, 0.1) is 6.92 Å². The Morgan fingerprint density at radius 1 is 0.857 bits per heavy atom. The first-order valence-electron chi connectivity index (χ1n) is 16.3. The first-order valence-corrected chi connectivity index (χ1v) is 17.2. The molecule has 3 aromatic rings. The Balaban J connectivity index is 1.45. The van der Waals surface area contributed by atoms with Gasteiger partial charge in [0.2, 0.25) is 11.4 Å². The third kappa shape index (κ3) is 12.3. The van der Waals surface area contributed by atoms with Gasteiger partial charge in [-0.15, -0.1) is 0 Å². The topological polar surface area (TPSA) is 42.2 Å². The number of nitrogens with zero attached hydrogens (tertiary/aromatic N) is 1. The highest BCUT2D eigenvalue weighted by molar-refractivity contribution is 7.09. The smallest absolute Gasteiger partial charge is 0.228 e. The van der Waals surface area contributed by atoms with Crippen LogP contribution in [-0.2, 0) is 23.2 Å². The summed E-state index contributed by atoms with van der Waals surface area (Å²) in [7, 11) is 0. The minimum absolute atomic E-state index is 0.0214. The quantitative estimate of drug-likeness (QED) is 0.111. The summed E-state index contributed by atoms with van der Waals surface area (Å²) in [6.45, 7) is 12.6. The zero-order valence-electron chi connectivity index (χ0n) is 27.0. The second-order valence-corrected chi connectivity index (χ2v) is 13.9. The zero-order chi connectivity index (χ0) is 30.2. The summed E-state index contributed by atoms with van der Waals surface area (Å²) >= 11 is 1.75. The maximum Gasteiger partial charge on any atom is 0.228 e. The van der Waals surface area contributed by atoms with Gasteiger partial charge >= 0.3 is 0 Å². The SMILES string of the molecule is CCCCCCCCCCCCCCOc1c(CC(=O)Nc2ccc(C[n+]3csc(C)c3)cc2)cccc1C(C)(C)C. The number of anilines is 1. The summed E-state index contributed by atoms with van der Waals surface area (Å²) in [6.07, 6.45) is 18.4. The van der Waals surface area contributed by atoms with Gasteiger partial charge in [-0.2, -0.15) is 4.57 Å². The lowest BCUT2D eigenvalue weighted by Crippen LogP contribution is -2.30. The predicted molar refractivity (Wildman–Crippen MR) is 179 cm³/mol. The molecule has 0 unspecified atom stereocenters. The maximum absolute atomic E-state index is 13.1. The van der Waals surface area contributed by atoms with Crippen LogP contribution < -0.4 is 14.6 Å². The molecule has 0 bridgehead atoms. The van der Waals surface area contributed by atoms with Crippen LogP contribution in [-0.4, -0.2) is 12.5 Å². The first kappa shape index (κ1) is 33.8. The molecule has 1 N–H and O–H groups in total. The third-order valence-corrected chi connectivity index (χ3v) is 8.68. The van der Waals surface area contributed by atoms with Crippen LogP contribution in [0.1, 0.15) is 126 Å². The summed E-state index contributed by atoms with van der Waals surface area (Å²) < 4.78 is 8.62. The summed E-state index contributed by atoms with van der Waals surface area (Å²) in [5.74, 6) is 0.869. The first-order chi connectivity index (χ1) is 20.3. The third-order valence-electron chi connectivity index (χ3n) is 7.82. The lowest BCUT2D eigenvalue weighted by molar-refractivity contribution is -0.683. The Labute approximate surface area is 259 Å². The Kier molecular flexibility index (Phi) is 14.6. The molecule has 0 spiro atoms. The zero-order valence-corrected chi connectivity index (χ0v) is 27.8. The van der Waals surface area contributed by atoms with Crippen molar-refractivity contribution >= 4 is 22.9 Å². The summed E-state index contributed by atoms with van der Waals surface area (Å²) in [4.78, 5) is 14.4. The number of nitrogens with one attached hydrogen (secondary N) is 1. The highest BCUT2D eigenvalue weighted by Gasteiger charge is 2.22. The fourth-order valence-electron chi connectivity index (χ4n) is 5.41. The number of aromatic nitrogens is 1. The average molecular weight is 592 g/mol. The lowest BCUT2D eigenvalue weighted by atomic mass is 9.84. The number of para-hydroxylation sites is 1. The molecule has 1 aromatic heterocycles. The van der Waals surface area contributed by atoms with Gasteiger partial charge in [0.15, 0.2) is 12.7 Å².